The SMILES string of the molecule is O=C1CC[C@@]2(O)C3Cc4ccc(O)c5c4[C@@]2(CCN3CC2CCC2)[C@H]1O5. The maximum Gasteiger partial charge on any atom is 0.174 e. The van der Waals surface area contributed by atoms with Gasteiger partial charge in [-0.1, -0.05) is 12.5 Å². The Hall–Kier alpha value is -1.59. The van der Waals surface area contributed by atoms with E-state index < -0.39 is 17.1 Å². The number of phenolic OH excluding ortho intramolecular Hbond substituents is 1. The van der Waals surface area contributed by atoms with Crippen molar-refractivity contribution in [3.8, 4) is 11.5 Å². The minimum absolute atomic E-state index is 0.0408. The summed E-state index contributed by atoms with van der Waals surface area (Å²) >= 11 is 0. The molecule has 0 radical (unpaired) electrons. The molecule has 138 valence electrons. The third-order valence-corrected chi connectivity index (χ3v) is 8.09. The van der Waals surface area contributed by atoms with Crippen molar-refractivity contribution in [1.82, 2.24) is 4.90 Å². The minimum atomic E-state index is -0.945. The van der Waals surface area contributed by atoms with Crippen molar-refractivity contribution in [3.05, 3.63) is 23.3 Å². The van der Waals surface area contributed by atoms with E-state index in [1.165, 1.54) is 19.3 Å². The number of aromatic hydroxyl groups is 1. The number of piperidine rings is 1. The molecule has 2 N–H and O–H groups in total. The molecule has 2 heterocycles. The molecular weight excluding hydrogens is 330 g/mol. The van der Waals surface area contributed by atoms with Crippen LogP contribution in [-0.4, -0.2) is 51.7 Å². The van der Waals surface area contributed by atoms with E-state index in [1.54, 1.807) is 6.07 Å². The number of hydrogen-bond donors (Lipinski definition) is 2. The average molecular weight is 355 g/mol. The largest absolute Gasteiger partial charge is 0.504 e. The van der Waals surface area contributed by atoms with Crippen LogP contribution in [0.3, 0.4) is 0 Å². The number of phenols is 1. The zero-order valence-electron chi connectivity index (χ0n) is 14.9. The number of aliphatic hydroxyl groups is 1. The lowest BCUT2D eigenvalue weighted by Gasteiger charge is -2.63. The summed E-state index contributed by atoms with van der Waals surface area (Å²) in [6.45, 7) is 1.95. The van der Waals surface area contributed by atoms with E-state index in [-0.39, 0.29) is 17.6 Å². The van der Waals surface area contributed by atoms with Gasteiger partial charge >= 0.3 is 0 Å². The van der Waals surface area contributed by atoms with Crippen LogP contribution < -0.4 is 4.74 Å². The molecule has 5 aliphatic rings. The molecule has 1 aromatic rings. The fraction of sp³-hybridized carbons (Fsp3) is 0.667. The monoisotopic (exact) mass is 355 g/mol. The van der Waals surface area contributed by atoms with E-state index in [1.807, 2.05) is 6.07 Å². The molecule has 1 aromatic carbocycles. The second kappa shape index (κ2) is 4.82. The highest BCUT2D eigenvalue weighted by atomic mass is 16.5. The predicted molar refractivity (Wildman–Crippen MR) is 94.4 cm³/mol. The molecule has 26 heavy (non-hydrogen) atoms. The van der Waals surface area contributed by atoms with Gasteiger partial charge in [0.05, 0.1) is 11.0 Å². The van der Waals surface area contributed by atoms with Gasteiger partial charge in [0.1, 0.15) is 0 Å². The van der Waals surface area contributed by atoms with Crippen LogP contribution in [0.2, 0.25) is 0 Å². The number of benzene rings is 1. The number of nitrogens with zero attached hydrogens (tertiary/aromatic N) is 1. The first-order valence-electron chi connectivity index (χ1n) is 10.1. The van der Waals surface area contributed by atoms with Crippen molar-refractivity contribution in [2.75, 3.05) is 13.1 Å². The molecule has 6 rings (SSSR count). The first-order chi connectivity index (χ1) is 12.5. The second-order valence-corrected chi connectivity index (χ2v) is 9.07. The molecular formula is C21H25NO4. The zero-order chi connectivity index (χ0) is 17.7. The van der Waals surface area contributed by atoms with Crippen LogP contribution in [0.25, 0.3) is 0 Å². The number of rotatable bonds is 2. The molecule has 1 saturated heterocycles. The van der Waals surface area contributed by atoms with Crippen LogP contribution in [0.1, 0.15) is 49.7 Å². The second-order valence-electron chi connectivity index (χ2n) is 9.07. The molecule has 3 fully saturated rings. The van der Waals surface area contributed by atoms with Gasteiger partial charge in [0.15, 0.2) is 23.4 Å². The number of likely N-dealkylation sites (tertiary alicyclic amines) is 1. The summed E-state index contributed by atoms with van der Waals surface area (Å²) in [6, 6.07) is 3.70. The average Bonchev–Trinajstić information content (AvgIpc) is 2.93. The number of carbonyl (C=O) groups excluding carboxylic acids is 1. The number of ether oxygens (including phenoxy) is 1. The lowest BCUT2D eigenvalue weighted by molar-refractivity contribution is -0.190. The Morgan fingerprint density at radius 2 is 2.12 bits per heavy atom. The van der Waals surface area contributed by atoms with Crippen molar-refractivity contribution in [1.29, 1.82) is 0 Å². The number of ketones is 1. The van der Waals surface area contributed by atoms with Crippen molar-refractivity contribution in [2.45, 2.75) is 68.1 Å². The van der Waals surface area contributed by atoms with Gasteiger partial charge < -0.3 is 14.9 Å². The lowest BCUT2D eigenvalue weighted by atomic mass is 9.49. The summed E-state index contributed by atoms with van der Waals surface area (Å²) < 4.78 is 6.06. The van der Waals surface area contributed by atoms with Crippen molar-refractivity contribution < 1.29 is 19.7 Å². The zero-order valence-corrected chi connectivity index (χ0v) is 14.9. The number of Topliss-reactive ketones (excluding diaryl/α,β-unsaturated/α-hetero) is 1. The summed E-state index contributed by atoms with van der Waals surface area (Å²) in [5.41, 5.74) is 0.449. The molecule has 5 heteroatoms. The third-order valence-electron chi connectivity index (χ3n) is 8.09. The Kier molecular flexibility index (Phi) is 2.86. The van der Waals surface area contributed by atoms with Gasteiger partial charge in [-0.05, 0) is 56.2 Å². The summed E-state index contributed by atoms with van der Waals surface area (Å²) in [4.78, 5) is 15.3. The Morgan fingerprint density at radius 1 is 1.27 bits per heavy atom. The first kappa shape index (κ1) is 15.5. The Morgan fingerprint density at radius 3 is 2.88 bits per heavy atom. The quantitative estimate of drug-likeness (QED) is 0.848. The molecule has 3 aliphatic carbocycles. The molecule has 2 saturated carbocycles. The van der Waals surface area contributed by atoms with E-state index in [2.05, 4.69) is 4.90 Å². The van der Waals surface area contributed by atoms with E-state index in [0.29, 0.717) is 18.6 Å². The summed E-state index contributed by atoms with van der Waals surface area (Å²) in [5.74, 6) is 1.37. The smallest absolute Gasteiger partial charge is 0.174 e. The topological polar surface area (TPSA) is 70.0 Å². The van der Waals surface area contributed by atoms with Crippen LogP contribution in [0.4, 0.5) is 0 Å². The number of carbonyl (C=O) groups is 1. The molecule has 0 amide bonds. The standard InChI is InChI=1S/C21H25NO4/c23-14-5-4-13-10-16-21(25)7-6-15(24)19-20(21,17(13)18(14)26-19)8-9-22(16)11-12-2-1-3-12/h4-5,12,16,19,23,25H,1-3,6-11H2/t16?,19-,20-,21+/m0/s1. The molecule has 1 unspecified atom stereocenters. The maximum atomic E-state index is 12.8. The van der Waals surface area contributed by atoms with Crippen LogP contribution in [0, 0.1) is 5.92 Å². The normalized spacial score (nSPS) is 40.7. The summed E-state index contributed by atoms with van der Waals surface area (Å²) in [7, 11) is 0. The molecule has 0 aromatic heterocycles. The fourth-order valence-electron chi connectivity index (χ4n) is 6.64. The Labute approximate surface area is 152 Å². The Balaban J connectivity index is 1.53. The van der Waals surface area contributed by atoms with E-state index in [4.69, 9.17) is 4.74 Å². The van der Waals surface area contributed by atoms with Crippen LogP contribution >= 0.6 is 0 Å². The highest BCUT2D eigenvalue weighted by Gasteiger charge is 2.73. The highest BCUT2D eigenvalue weighted by Crippen LogP contribution is 2.64. The number of hydrogen-bond acceptors (Lipinski definition) is 5. The summed E-state index contributed by atoms with van der Waals surface area (Å²) in [5, 5.41) is 22.4. The van der Waals surface area contributed by atoms with Gasteiger partial charge in [-0.15, -0.1) is 0 Å². The lowest BCUT2D eigenvalue weighted by Crippen LogP contribution is -2.76. The maximum absolute atomic E-state index is 12.8. The van der Waals surface area contributed by atoms with Crippen LogP contribution in [0.15, 0.2) is 12.1 Å². The molecule has 5 nitrogen and oxygen atoms in total. The minimum Gasteiger partial charge on any atom is -0.504 e. The van der Waals surface area contributed by atoms with Crippen molar-refractivity contribution in [3.63, 3.8) is 0 Å². The Bertz CT molecular complexity index is 818. The van der Waals surface area contributed by atoms with Gasteiger partial charge in [-0.3, -0.25) is 9.69 Å². The van der Waals surface area contributed by atoms with Crippen LogP contribution in [-0.2, 0) is 16.6 Å². The van der Waals surface area contributed by atoms with E-state index >= 15 is 0 Å². The van der Waals surface area contributed by atoms with Gasteiger partial charge in [-0.2, -0.15) is 0 Å². The highest BCUT2D eigenvalue weighted by molar-refractivity contribution is 5.90. The van der Waals surface area contributed by atoms with Gasteiger partial charge in [0.2, 0.25) is 0 Å². The predicted octanol–water partition coefficient (Wildman–Crippen LogP) is 1.92. The van der Waals surface area contributed by atoms with Crippen molar-refractivity contribution >= 4 is 5.78 Å². The van der Waals surface area contributed by atoms with Gasteiger partial charge in [0.25, 0.3) is 0 Å². The third kappa shape index (κ3) is 1.59. The van der Waals surface area contributed by atoms with E-state index in [0.717, 1.165) is 43.0 Å². The molecule has 2 aliphatic heterocycles. The molecule has 4 atom stereocenters. The summed E-state index contributed by atoms with van der Waals surface area (Å²) in [6.07, 6.45) is 5.65. The van der Waals surface area contributed by atoms with Gasteiger partial charge in [0, 0.05) is 24.6 Å². The fourth-order valence-corrected chi connectivity index (χ4v) is 6.64. The molecule has 1 spiro atoms. The van der Waals surface area contributed by atoms with Crippen molar-refractivity contribution in [2.24, 2.45) is 5.92 Å². The molecule has 2 bridgehead atoms. The first-order valence-corrected chi connectivity index (χ1v) is 10.1. The van der Waals surface area contributed by atoms with E-state index in [9.17, 15) is 15.0 Å². The van der Waals surface area contributed by atoms with Gasteiger partial charge in [-0.25, -0.2) is 0 Å². The van der Waals surface area contributed by atoms with Crippen LogP contribution in [0.5, 0.6) is 11.5 Å².